The van der Waals surface area contributed by atoms with Crippen molar-refractivity contribution in [2.45, 2.75) is 26.3 Å². The number of aryl methyl sites for hydroxylation is 1. The molecule has 1 aliphatic rings. The van der Waals surface area contributed by atoms with Gasteiger partial charge in [-0.25, -0.2) is 0 Å². The van der Waals surface area contributed by atoms with Gasteiger partial charge in [0.25, 0.3) is 0 Å². The fourth-order valence-corrected chi connectivity index (χ4v) is 1.97. The maximum atomic E-state index is 10.6. The molecule has 1 fully saturated rings. The van der Waals surface area contributed by atoms with Crippen LogP contribution in [0.3, 0.4) is 0 Å². The van der Waals surface area contributed by atoms with E-state index in [2.05, 4.69) is 10.1 Å². The lowest BCUT2D eigenvalue weighted by molar-refractivity contribution is -0.112. The molecular weight excluding hydrogens is 192 g/mol. The molecule has 0 atom stereocenters. The molecule has 1 aromatic rings. The van der Waals surface area contributed by atoms with Crippen LogP contribution in [0.25, 0.3) is 0 Å². The minimum absolute atomic E-state index is 0.264. The van der Waals surface area contributed by atoms with Gasteiger partial charge < -0.3 is 9.32 Å². The summed E-state index contributed by atoms with van der Waals surface area (Å²) in [5.74, 6) is 1.12. The monoisotopic (exact) mass is 208 g/mol. The van der Waals surface area contributed by atoms with Gasteiger partial charge in [0.1, 0.15) is 12.0 Å². The van der Waals surface area contributed by atoms with E-state index in [4.69, 9.17) is 4.52 Å². The Bertz CT molecular complexity index is 327. The molecule has 82 valence electrons. The SMILES string of the molecule is Cc1cc(CN2CCC(C=O)CC2)no1. The maximum Gasteiger partial charge on any atom is 0.133 e. The van der Waals surface area contributed by atoms with E-state index in [9.17, 15) is 4.79 Å². The highest BCUT2D eigenvalue weighted by molar-refractivity contribution is 5.53. The summed E-state index contributed by atoms with van der Waals surface area (Å²) in [6.07, 6.45) is 3.03. The highest BCUT2D eigenvalue weighted by Crippen LogP contribution is 2.16. The first kappa shape index (κ1) is 10.4. The molecule has 4 nitrogen and oxygen atoms in total. The Morgan fingerprint density at radius 3 is 2.87 bits per heavy atom. The summed E-state index contributed by atoms with van der Waals surface area (Å²) in [4.78, 5) is 12.9. The van der Waals surface area contributed by atoms with Crippen molar-refractivity contribution in [2.24, 2.45) is 5.92 Å². The molecule has 2 rings (SSSR count). The second-order valence-corrected chi connectivity index (χ2v) is 4.18. The molecular formula is C11H16N2O2. The van der Waals surface area contributed by atoms with Crippen LogP contribution in [0.1, 0.15) is 24.3 Å². The molecule has 4 heteroatoms. The van der Waals surface area contributed by atoms with Crippen LogP contribution in [0.4, 0.5) is 0 Å². The van der Waals surface area contributed by atoms with Crippen LogP contribution in [0.2, 0.25) is 0 Å². The fourth-order valence-electron chi connectivity index (χ4n) is 1.97. The van der Waals surface area contributed by atoms with Gasteiger partial charge in [-0.2, -0.15) is 0 Å². The first-order valence-corrected chi connectivity index (χ1v) is 5.38. The van der Waals surface area contributed by atoms with Crippen molar-refractivity contribution in [3.63, 3.8) is 0 Å². The van der Waals surface area contributed by atoms with Crippen LogP contribution in [0.15, 0.2) is 10.6 Å². The van der Waals surface area contributed by atoms with Crippen molar-refractivity contribution in [3.05, 3.63) is 17.5 Å². The van der Waals surface area contributed by atoms with Crippen LogP contribution in [0, 0.1) is 12.8 Å². The van der Waals surface area contributed by atoms with Gasteiger partial charge in [0.15, 0.2) is 0 Å². The number of aldehydes is 1. The number of rotatable bonds is 3. The van der Waals surface area contributed by atoms with Crippen molar-refractivity contribution in [1.82, 2.24) is 10.1 Å². The molecule has 2 heterocycles. The first-order chi connectivity index (χ1) is 7.28. The van der Waals surface area contributed by atoms with Gasteiger partial charge in [0.05, 0.1) is 5.69 Å². The topological polar surface area (TPSA) is 46.3 Å². The predicted molar refractivity (Wildman–Crippen MR) is 55.3 cm³/mol. The van der Waals surface area contributed by atoms with E-state index in [0.717, 1.165) is 50.2 Å². The van der Waals surface area contributed by atoms with Gasteiger partial charge in [-0.1, -0.05) is 5.16 Å². The van der Waals surface area contributed by atoms with Crippen LogP contribution in [0.5, 0.6) is 0 Å². The van der Waals surface area contributed by atoms with E-state index < -0.39 is 0 Å². The third kappa shape index (κ3) is 2.65. The molecule has 0 amide bonds. The Morgan fingerprint density at radius 2 is 2.33 bits per heavy atom. The van der Waals surface area contributed by atoms with E-state index in [-0.39, 0.29) is 5.92 Å². The zero-order chi connectivity index (χ0) is 10.7. The van der Waals surface area contributed by atoms with E-state index in [0.29, 0.717) is 0 Å². The summed E-state index contributed by atoms with van der Waals surface area (Å²) >= 11 is 0. The highest BCUT2D eigenvalue weighted by Gasteiger charge is 2.19. The van der Waals surface area contributed by atoms with Crippen LogP contribution >= 0.6 is 0 Å². The summed E-state index contributed by atoms with van der Waals surface area (Å²) in [7, 11) is 0. The molecule has 0 aromatic carbocycles. The number of piperidine rings is 1. The van der Waals surface area contributed by atoms with E-state index >= 15 is 0 Å². The van der Waals surface area contributed by atoms with Gasteiger partial charge in [0, 0.05) is 18.5 Å². The Labute approximate surface area is 89.2 Å². The number of hydrogen-bond acceptors (Lipinski definition) is 4. The summed E-state index contributed by atoms with van der Waals surface area (Å²) in [5.41, 5.74) is 0.983. The second kappa shape index (κ2) is 4.57. The minimum atomic E-state index is 0.264. The van der Waals surface area contributed by atoms with Crippen LogP contribution < -0.4 is 0 Å². The van der Waals surface area contributed by atoms with Crippen molar-refractivity contribution in [3.8, 4) is 0 Å². The normalized spacial score (nSPS) is 19.3. The van der Waals surface area contributed by atoms with Crippen LogP contribution in [-0.2, 0) is 11.3 Å². The summed E-state index contributed by atoms with van der Waals surface area (Å²) in [6, 6.07) is 1.96. The minimum Gasteiger partial charge on any atom is -0.361 e. The van der Waals surface area contributed by atoms with Gasteiger partial charge in [0.2, 0.25) is 0 Å². The zero-order valence-electron chi connectivity index (χ0n) is 8.98. The second-order valence-electron chi connectivity index (χ2n) is 4.18. The van der Waals surface area contributed by atoms with E-state index in [1.807, 2.05) is 13.0 Å². The lowest BCUT2D eigenvalue weighted by atomic mass is 9.98. The Hall–Kier alpha value is -1.16. The third-order valence-corrected chi connectivity index (χ3v) is 2.89. The molecule has 0 radical (unpaired) electrons. The molecule has 0 spiro atoms. The molecule has 1 aliphatic heterocycles. The van der Waals surface area contributed by atoms with Gasteiger partial charge in [-0.15, -0.1) is 0 Å². The predicted octanol–water partition coefficient (Wildman–Crippen LogP) is 1.39. The summed E-state index contributed by atoms with van der Waals surface area (Å²) < 4.78 is 5.02. The molecule has 0 unspecified atom stereocenters. The highest BCUT2D eigenvalue weighted by atomic mass is 16.5. The zero-order valence-corrected chi connectivity index (χ0v) is 8.98. The molecule has 0 N–H and O–H groups in total. The van der Waals surface area contributed by atoms with Crippen molar-refractivity contribution in [1.29, 1.82) is 0 Å². The largest absolute Gasteiger partial charge is 0.361 e. The van der Waals surface area contributed by atoms with Gasteiger partial charge in [-0.05, 0) is 32.9 Å². The van der Waals surface area contributed by atoms with Crippen molar-refractivity contribution >= 4 is 6.29 Å². The molecule has 0 saturated carbocycles. The quantitative estimate of drug-likeness (QED) is 0.704. The number of likely N-dealkylation sites (tertiary alicyclic amines) is 1. The first-order valence-electron chi connectivity index (χ1n) is 5.38. The molecule has 1 saturated heterocycles. The number of aromatic nitrogens is 1. The fraction of sp³-hybridized carbons (Fsp3) is 0.636. The van der Waals surface area contributed by atoms with Gasteiger partial charge in [-0.3, -0.25) is 4.90 Å². The third-order valence-electron chi connectivity index (χ3n) is 2.89. The number of carbonyl (C=O) groups excluding carboxylic acids is 1. The average molecular weight is 208 g/mol. The van der Waals surface area contributed by atoms with E-state index in [1.54, 1.807) is 0 Å². The maximum absolute atomic E-state index is 10.6. The van der Waals surface area contributed by atoms with Crippen LogP contribution in [-0.4, -0.2) is 29.4 Å². The lowest BCUT2D eigenvalue weighted by Crippen LogP contribution is -2.33. The van der Waals surface area contributed by atoms with Gasteiger partial charge >= 0.3 is 0 Å². The summed E-state index contributed by atoms with van der Waals surface area (Å²) in [6.45, 7) is 4.70. The molecule has 1 aromatic heterocycles. The standard InChI is InChI=1S/C11H16N2O2/c1-9-6-11(12-15-9)7-13-4-2-10(8-14)3-5-13/h6,8,10H,2-5,7H2,1H3. The molecule has 15 heavy (non-hydrogen) atoms. The Morgan fingerprint density at radius 1 is 1.60 bits per heavy atom. The summed E-state index contributed by atoms with van der Waals surface area (Å²) in [5, 5.41) is 3.96. The Balaban J connectivity index is 1.84. The average Bonchev–Trinajstić information content (AvgIpc) is 2.65. The van der Waals surface area contributed by atoms with Crippen molar-refractivity contribution in [2.75, 3.05) is 13.1 Å². The Kier molecular flexibility index (Phi) is 3.16. The van der Waals surface area contributed by atoms with Crippen molar-refractivity contribution < 1.29 is 9.32 Å². The smallest absolute Gasteiger partial charge is 0.133 e. The van der Waals surface area contributed by atoms with E-state index in [1.165, 1.54) is 0 Å². The molecule has 0 bridgehead atoms. The number of nitrogens with zero attached hydrogens (tertiary/aromatic N) is 2. The molecule has 0 aliphatic carbocycles. The lowest BCUT2D eigenvalue weighted by Gasteiger charge is -2.28. The number of hydrogen-bond donors (Lipinski definition) is 0. The number of carbonyl (C=O) groups is 1.